The number of carbonyl (C=O) groups is 7. The van der Waals surface area contributed by atoms with Crippen molar-refractivity contribution in [3.63, 3.8) is 0 Å². The summed E-state index contributed by atoms with van der Waals surface area (Å²) >= 11 is 0. The van der Waals surface area contributed by atoms with Crippen molar-refractivity contribution in [1.82, 2.24) is 9.80 Å². The largest absolute Gasteiger partial charge is 0.441 e. The van der Waals surface area contributed by atoms with Crippen molar-refractivity contribution in [3.05, 3.63) is 70.8 Å². The van der Waals surface area contributed by atoms with Gasteiger partial charge in [0.05, 0.1) is 22.3 Å². The van der Waals surface area contributed by atoms with Crippen LogP contribution in [0, 0.1) is 11.8 Å². The van der Waals surface area contributed by atoms with Crippen LogP contribution in [0.3, 0.4) is 0 Å². The van der Waals surface area contributed by atoms with Gasteiger partial charge in [0.2, 0.25) is 5.91 Å². The molecule has 0 saturated heterocycles. The number of amides is 5. The number of aldehydes is 1. The van der Waals surface area contributed by atoms with Crippen LogP contribution in [-0.2, 0) is 19.1 Å². The van der Waals surface area contributed by atoms with Crippen molar-refractivity contribution in [2.24, 2.45) is 11.8 Å². The van der Waals surface area contributed by atoms with Crippen LogP contribution in [0.1, 0.15) is 83.0 Å². The van der Waals surface area contributed by atoms with Crippen molar-refractivity contribution in [2.45, 2.75) is 47.8 Å². The second-order valence-corrected chi connectivity index (χ2v) is 9.16. The van der Waals surface area contributed by atoms with E-state index in [4.69, 9.17) is 4.74 Å². The van der Waals surface area contributed by atoms with Crippen molar-refractivity contribution >= 4 is 41.8 Å². The van der Waals surface area contributed by atoms with Crippen LogP contribution in [0.5, 0.6) is 0 Å². The lowest BCUT2D eigenvalue weighted by Gasteiger charge is -2.28. The first-order chi connectivity index (χ1) is 17.8. The molecule has 0 aliphatic carbocycles. The van der Waals surface area contributed by atoms with E-state index in [9.17, 15) is 33.6 Å². The molecule has 38 heavy (non-hydrogen) atoms. The molecule has 0 spiro atoms. The number of rotatable bonds is 4. The fourth-order valence-corrected chi connectivity index (χ4v) is 3.57. The average Bonchev–Trinajstić information content (AvgIpc) is 3.28. The average molecular weight is 523 g/mol. The minimum Gasteiger partial charge on any atom is -0.441 e. The summed E-state index contributed by atoms with van der Waals surface area (Å²) in [6.07, 6.45) is 0.0462. The monoisotopic (exact) mass is 522 g/mol. The Labute approximate surface area is 220 Å². The zero-order valence-corrected chi connectivity index (χ0v) is 22.1. The number of fused-ring (bicyclic) bond motifs is 2. The molecule has 2 aromatic rings. The van der Waals surface area contributed by atoms with Gasteiger partial charge >= 0.3 is 5.97 Å². The first kappa shape index (κ1) is 29.8. The summed E-state index contributed by atoms with van der Waals surface area (Å²) in [6.45, 7) is 9.74. The molecule has 0 fully saturated rings. The number of hydrogen-bond donors (Lipinski definition) is 0. The van der Waals surface area contributed by atoms with Gasteiger partial charge in [-0.2, -0.15) is 0 Å². The van der Waals surface area contributed by atoms with Crippen LogP contribution >= 0.6 is 0 Å². The predicted molar refractivity (Wildman–Crippen MR) is 136 cm³/mol. The van der Waals surface area contributed by atoms with E-state index in [0.29, 0.717) is 27.2 Å². The van der Waals surface area contributed by atoms with E-state index in [2.05, 4.69) is 0 Å². The molecule has 0 saturated carbocycles. The molecule has 200 valence electrons. The van der Waals surface area contributed by atoms with Gasteiger partial charge in [-0.25, -0.2) is 9.80 Å². The van der Waals surface area contributed by atoms with E-state index in [1.165, 1.54) is 13.8 Å². The molecule has 0 bridgehead atoms. The second kappa shape index (κ2) is 12.7. The topological polar surface area (TPSA) is 135 Å². The molecule has 10 nitrogen and oxygen atoms in total. The van der Waals surface area contributed by atoms with E-state index in [-0.39, 0.29) is 11.8 Å². The van der Waals surface area contributed by atoms with Crippen LogP contribution in [0.25, 0.3) is 0 Å². The van der Waals surface area contributed by atoms with Crippen LogP contribution in [0.2, 0.25) is 0 Å². The smallest absolute Gasteiger partial charge is 0.304 e. The Morgan fingerprint density at radius 2 is 1.05 bits per heavy atom. The number of nitrogens with zero attached hydrogens (tertiary/aromatic N) is 2. The minimum atomic E-state index is -0.870. The number of imide groups is 4. The van der Waals surface area contributed by atoms with Gasteiger partial charge in [-0.15, -0.1) is 0 Å². The molecule has 0 N–H and O–H groups in total. The Bertz CT molecular complexity index is 1210. The highest BCUT2D eigenvalue weighted by Crippen LogP contribution is 2.27. The van der Waals surface area contributed by atoms with Crippen molar-refractivity contribution in [3.8, 4) is 0 Å². The number of ether oxygens (including phenoxy) is 1. The van der Waals surface area contributed by atoms with E-state index in [1.54, 1.807) is 62.4 Å². The SMILES string of the molecule is CC(=O)N1C(=O)c2ccccc2C1=O.CC(=O)OC(C(C)C)N1C(=O)c2ccccc2C1=O.CC(C)C=O. The summed E-state index contributed by atoms with van der Waals surface area (Å²) in [4.78, 5) is 80.9. The molecule has 2 aliphatic heterocycles. The summed E-state index contributed by atoms with van der Waals surface area (Å²) in [6, 6.07) is 13.0. The van der Waals surface area contributed by atoms with Crippen LogP contribution in [-0.4, -0.2) is 57.8 Å². The molecule has 2 aliphatic rings. The number of carbonyl (C=O) groups excluding carboxylic acids is 7. The molecule has 4 rings (SSSR count). The van der Waals surface area contributed by atoms with E-state index < -0.39 is 41.7 Å². The molecule has 10 heteroatoms. The van der Waals surface area contributed by atoms with Gasteiger partial charge in [0, 0.05) is 25.7 Å². The highest BCUT2D eigenvalue weighted by Gasteiger charge is 2.42. The summed E-state index contributed by atoms with van der Waals surface area (Å²) in [5.41, 5.74) is 1.30. The summed E-state index contributed by atoms with van der Waals surface area (Å²) in [5.74, 6) is -2.93. The third-order valence-corrected chi connectivity index (χ3v) is 5.32. The van der Waals surface area contributed by atoms with E-state index >= 15 is 0 Å². The molecule has 5 amide bonds. The number of esters is 1. The number of benzene rings is 2. The van der Waals surface area contributed by atoms with Crippen LogP contribution in [0.15, 0.2) is 48.5 Å². The lowest BCUT2D eigenvalue weighted by atomic mass is 10.1. The van der Waals surface area contributed by atoms with Crippen molar-refractivity contribution < 1.29 is 38.3 Å². The normalized spacial score (nSPS) is 14.3. The first-order valence-corrected chi connectivity index (χ1v) is 11.9. The van der Waals surface area contributed by atoms with E-state index in [1.807, 2.05) is 13.8 Å². The molecule has 1 unspecified atom stereocenters. The van der Waals surface area contributed by atoms with Crippen molar-refractivity contribution in [1.29, 1.82) is 0 Å². The zero-order valence-electron chi connectivity index (χ0n) is 22.1. The highest BCUT2D eigenvalue weighted by atomic mass is 16.6. The Kier molecular flexibility index (Phi) is 9.92. The zero-order chi connectivity index (χ0) is 28.7. The van der Waals surface area contributed by atoms with Gasteiger partial charge in [-0.05, 0) is 24.3 Å². The van der Waals surface area contributed by atoms with Gasteiger partial charge in [0.25, 0.3) is 23.6 Å². The maximum atomic E-state index is 12.2. The maximum absolute atomic E-state index is 12.2. The van der Waals surface area contributed by atoms with Gasteiger partial charge in [-0.1, -0.05) is 52.0 Å². The van der Waals surface area contributed by atoms with Crippen LogP contribution in [0.4, 0.5) is 0 Å². The summed E-state index contributed by atoms with van der Waals surface area (Å²) in [5, 5.41) is 0. The quantitative estimate of drug-likeness (QED) is 0.338. The third kappa shape index (κ3) is 6.44. The molecule has 2 aromatic carbocycles. The summed E-state index contributed by atoms with van der Waals surface area (Å²) in [7, 11) is 0. The Hall–Kier alpha value is -4.47. The Morgan fingerprint density at radius 3 is 1.32 bits per heavy atom. The van der Waals surface area contributed by atoms with Gasteiger partial charge in [0.1, 0.15) is 6.29 Å². The van der Waals surface area contributed by atoms with Gasteiger partial charge in [-0.3, -0.25) is 28.8 Å². The number of hydrogen-bond acceptors (Lipinski definition) is 8. The minimum absolute atomic E-state index is 0.175. The Balaban J connectivity index is 0.000000234. The fourth-order valence-electron chi connectivity index (χ4n) is 3.57. The molecule has 1 atom stereocenters. The van der Waals surface area contributed by atoms with E-state index in [0.717, 1.165) is 11.2 Å². The third-order valence-electron chi connectivity index (χ3n) is 5.32. The van der Waals surface area contributed by atoms with Gasteiger partial charge < -0.3 is 9.53 Å². The molecule has 0 aromatic heterocycles. The molecule has 2 heterocycles. The second-order valence-electron chi connectivity index (χ2n) is 9.16. The first-order valence-electron chi connectivity index (χ1n) is 11.9. The Morgan fingerprint density at radius 1 is 0.711 bits per heavy atom. The lowest BCUT2D eigenvalue weighted by Crippen LogP contribution is -2.45. The predicted octanol–water partition coefficient (Wildman–Crippen LogP) is 3.50. The summed E-state index contributed by atoms with van der Waals surface area (Å²) < 4.78 is 5.11. The fraction of sp³-hybridized carbons (Fsp3) is 0.321. The molecule has 0 radical (unpaired) electrons. The lowest BCUT2D eigenvalue weighted by molar-refractivity contribution is -0.155. The van der Waals surface area contributed by atoms with Crippen molar-refractivity contribution in [2.75, 3.05) is 0 Å². The van der Waals surface area contributed by atoms with Gasteiger partial charge in [0.15, 0.2) is 6.23 Å². The van der Waals surface area contributed by atoms with Crippen LogP contribution < -0.4 is 0 Å². The molecular weight excluding hydrogens is 492 g/mol. The standard InChI is InChI=1S/C14H15NO4.C10H7NO3.C4H8O/c1-8(2)14(19-9(3)16)15-12(17)10-6-4-5-7-11(10)13(15)18;1-6(12)11-9(13)7-4-2-3-5-8(7)10(11)14;1-4(2)3-5/h4-8,14H,1-3H3;2-5H,1H3;3-4H,1-2H3. The maximum Gasteiger partial charge on any atom is 0.304 e. The highest BCUT2D eigenvalue weighted by molar-refractivity contribution is 6.28. The molecular formula is C28H30N2O8.